The molecule has 4 aromatic rings. The fourth-order valence-corrected chi connectivity index (χ4v) is 3.54. The Morgan fingerprint density at radius 1 is 1.03 bits per heavy atom. The van der Waals surface area contributed by atoms with Gasteiger partial charge in [0.05, 0.1) is 5.69 Å². The van der Waals surface area contributed by atoms with Gasteiger partial charge >= 0.3 is 5.69 Å². The van der Waals surface area contributed by atoms with Crippen LogP contribution in [0.5, 0.6) is 5.75 Å². The molecular formula is C23H21N5O3. The van der Waals surface area contributed by atoms with Gasteiger partial charge in [0.25, 0.3) is 5.56 Å². The second-order valence-corrected chi connectivity index (χ2v) is 7.33. The fourth-order valence-electron chi connectivity index (χ4n) is 3.54. The quantitative estimate of drug-likeness (QED) is 0.470. The zero-order valence-corrected chi connectivity index (χ0v) is 17.1. The minimum atomic E-state index is -0.709. The summed E-state index contributed by atoms with van der Waals surface area (Å²) in [6.45, 7) is 3.87. The molecule has 8 heteroatoms. The van der Waals surface area contributed by atoms with Crippen LogP contribution in [-0.4, -0.2) is 24.9 Å². The maximum Gasteiger partial charge on any atom is 0.349 e. The first-order valence-corrected chi connectivity index (χ1v) is 9.67. The molecule has 0 saturated heterocycles. The number of rotatable bonds is 4. The molecule has 4 rings (SSSR count). The second kappa shape index (κ2) is 7.91. The number of aryl methyl sites for hydroxylation is 2. The Kier molecular flexibility index (Phi) is 5.12. The van der Waals surface area contributed by atoms with Crippen LogP contribution in [0.4, 0.5) is 5.82 Å². The molecule has 0 amide bonds. The molecule has 4 N–H and O–H groups in total. The maximum absolute atomic E-state index is 12.2. The van der Waals surface area contributed by atoms with Crippen LogP contribution in [0.2, 0.25) is 0 Å². The van der Waals surface area contributed by atoms with Crippen molar-refractivity contribution in [2.24, 2.45) is 0 Å². The molecule has 0 aliphatic carbocycles. The molecule has 0 aliphatic rings. The summed E-state index contributed by atoms with van der Waals surface area (Å²) in [5, 5.41) is 14.1. The van der Waals surface area contributed by atoms with Crippen LogP contribution in [0.1, 0.15) is 22.4 Å². The summed E-state index contributed by atoms with van der Waals surface area (Å²) in [6, 6.07) is 16.6. The third-order valence-corrected chi connectivity index (χ3v) is 5.12. The number of hydrogen-bond donors (Lipinski definition) is 3. The van der Waals surface area contributed by atoms with Crippen molar-refractivity contribution in [1.29, 1.82) is 0 Å². The van der Waals surface area contributed by atoms with Crippen LogP contribution in [0.3, 0.4) is 0 Å². The van der Waals surface area contributed by atoms with Gasteiger partial charge in [-0.05, 0) is 54.8 Å². The van der Waals surface area contributed by atoms with Crippen LogP contribution in [0, 0.1) is 13.8 Å². The van der Waals surface area contributed by atoms with Gasteiger partial charge in [0.15, 0.2) is 0 Å². The van der Waals surface area contributed by atoms with Crippen molar-refractivity contribution in [3.63, 3.8) is 0 Å². The number of H-pyrrole nitrogens is 1. The number of nitrogens with two attached hydrogens (primary N) is 1. The van der Waals surface area contributed by atoms with Crippen LogP contribution in [0.25, 0.3) is 16.9 Å². The third kappa shape index (κ3) is 3.95. The van der Waals surface area contributed by atoms with E-state index in [1.54, 1.807) is 12.1 Å². The van der Waals surface area contributed by atoms with E-state index in [2.05, 4.69) is 15.1 Å². The molecule has 31 heavy (non-hydrogen) atoms. The number of aromatic amines is 1. The van der Waals surface area contributed by atoms with Gasteiger partial charge in [0.1, 0.15) is 11.4 Å². The fraction of sp³-hybridized carbons (Fsp3) is 0.130. The van der Waals surface area contributed by atoms with Crippen LogP contribution in [0.15, 0.2) is 64.2 Å². The SMILES string of the molecule is Cc1cc(-n2nc(N)c(=O)[nH]c2=O)cc(C)c1Cc1ccc(O)c(-c2ccccc2)n1. The van der Waals surface area contributed by atoms with Crippen LogP contribution >= 0.6 is 0 Å². The number of nitrogens with one attached hydrogen (secondary N) is 1. The summed E-state index contributed by atoms with van der Waals surface area (Å²) in [7, 11) is 0. The van der Waals surface area contributed by atoms with Crippen molar-refractivity contribution in [1.82, 2.24) is 19.7 Å². The summed E-state index contributed by atoms with van der Waals surface area (Å²) in [5.74, 6) is -0.152. The summed E-state index contributed by atoms with van der Waals surface area (Å²) in [4.78, 5) is 30.5. The van der Waals surface area contributed by atoms with Crippen molar-refractivity contribution < 1.29 is 5.11 Å². The van der Waals surface area contributed by atoms with Gasteiger partial charge < -0.3 is 10.8 Å². The lowest BCUT2D eigenvalue weighted by Crippen LogP contribution is -2.33. The smallest absolute Gasteiger partial charge is 0.349 e. The van der Waals surface area contributed by atoms with Crippen molar-refractivity contribution >= 4 is 5.82 Å². The number of anilines is 1. The third-order valence-electron chi connectivity index (χ3n) is 5.12. The minimum Gasteiger partial charge on any atom is -0.506 e. The Bertz CT molecular complexity index is 1370. The second-order valence-electron chi connectivity index (χ2n) is 7.33. The molecule has 0 unspecified atom stereocenters. The van der Waals surface area contributed by atoms with E-state index in [1.165, 1.54) is 0 Å². The van der Waals surface area contributed by atoms with Gasteiger partial charge in [0.2, 0.25) is 5.82 Å². The van der Waals surface area contributed by atoms with Gasteiger partial charge in [-0.15, -0.1) is 5.10 Å². The molecule has 0 fully saturated rings. The number of nitrogen functional groups attached to an aromatic ring is 1. The highest BCUT2D eigenvalue weighted by Gasteiger charge is 2.13. The van der Waals surface area contributed by atoms with Gasteiger partial charge in [-0.2, -0.15) is 4.68 Å². The molecule has 2 aromatic carbocycles. The van der Waals surface area contributed by atoms with Crippen LogP contribution in [-0.2, 0) is 6.42 Å². The Hall–Kier alpha value is -4.20. The highest BCUT2D eigenvalue weighted by Crippen LogP contribution is 2.28. The minimum absolute atomic E-state index is 0.125. The van der Waals surface area contributed by atoms with E-state index in [9.17, 15) is 14.7 Å². The van der Waals surface area contributed by atoms with Gasteiger partial charge in [-0.25, -0.2) is 9.78 Å². The molecule has 0 bridgehead atoms. The summed E-state index contributed by atoms with van der Waals surface area (Å²) in [6.07, 6.45) is 0.550. The molecule has 156 valence electrons. The van der Waals surface area contributed by atoms with Crippen molar-refractivity contribution in [2.75, 3.05) is 5.73 Å². The molecule has 0 saturated carbocycles. The predicted octanol–water partition coefficient (Wildman–Crippen LogP) is 2.48. The standard InChI is InChI=1S/C23H21N5O3/c1-13-10-17(28-23(31)26-22(30)21(24)27-28)11-14(2)18(13)12-16-8-9-19(29)20(25-16)15-6-4-3-5-7-15/h3-11,29H,12H2,1-2H3,(H2,24,27)(H,26,30,31). The first-order valence-electron chi connectivity index (χ1n) is 9.67. The summed E-state index contributed by atoms with van der Waals surface area (Å²) in [5.41, 5.74) is 9.81. The number of nitrogens with zero attached hydrogens (tertiary/aromatic N) is 3. The van der Waals surface area contributed by atoms with Crippen molar-refractivity contribution in [3.8, 4) is 22.7 Å². The van der Waals surface area contributed by atoms with Crippen LogP contribution < -0.4 is 17.0 Å². The molecule has 0 atom stereocenters. The zero-order chi connectivity index (χ0) is 22.1. The molecule has 2 aromatic heterocycles. The highest BCUT2D eigenvalue weighted by atomic mass is 16.3. The predicted molar refractivity (Wildman–Crippen MR) is 118 cm³/mol. The Labute approximate surface area is 177 Å². The van der Waals surface area contributed by atoms with E-state index in [1.807, 2.05) is 56.3 Å². The molecule has 0 radical (unpaired) electrons. The largest absolute Gasteiger partial charge is 0.506 e. The van der Waals surface area contributed by atoms with Gasteiger partial charge in [-0.3, -0.25) is 9.78 Å². The number of pyridine rings is 1. The van der Waals surface area contributed by atoms with E-state index in [4.69, 9.17) is 5.73 Å². The lowest BCUT2D eigenvalue weighted by atomic mass is 9.97. The monoisotopic (exact) mass is 415 g/mol. The number of aromatic hydroxyl groups is 1. The molecule has 2 heterocycles. The lowest BCUT2D eigenvalue weighted by molar-refractivity contribution is 0.474. The Balaban J connectivity index is 1.72. The molecular weight excluding hydrogens is 394 g/mol. The van der Waals surface area contributed by atoms with E-state index in [0.29, 0.717) is 17.8 Å². The maximum atomic E-state index is 12.2. The van der Waals surface area contributed by atoms with E-state index in [-0.39, 0.29) is 11.6 Å². The summed E-state index contributed by atoms with van der Waals surface area (Å²) >= 11 is 0. The Morgan fingerprint density at radius 3 is 2.39 bits per heavy atom. The average molecular weight is 415 g/mol. The topological polar surface area (TPSA) is 127 Å². The zero-order valence-electron chi connectivity index (χ0n) is 17.1. The molecule has 0 spiro atoms. The van der Waals surface area contributed by atoms with E-state index < -0.39 is 11.2 Å². The average Bonchev–Trinajstić information content (AvgIpc) is 2.75. The van der Waals surface area contributed by atoms with Crippen molar-refractivity contribution in [3.05, 3.63) is 97.8 Å². The first-order chi connectivity index (χ1) is 14.8. The number of hydrogen-bond acceptors (Lipinski definition) is 6. The number of benzene rings is 2. The van der Waals surface area contributed by atoms with Gasteiger partial charge in [0, 0.05) is 17.7 Å². The Morgan fingerprint density at radius 2 is 1.71 bits per heavy atom. The molecule has 8 nitrogen and oxygen atoms in total. The lowest BCUT2D eigenvalue weighted by Gasteiger charge is -2.14. The summed E-state index contributed by atoms with van der Waals surface area (Å²) < 4.78 is 1.08. The number of aromatic nitrogens is 4. The highest BCUT2D eigenvalue weighted by molar-refractivity contribution is 5.66. The van der Waals surface area contributed by atoms with Crippen molar-refractivity contribution in [2.45, 2.75) is 20.3 Å². The first kappa shape index (κ1) is 20.1. The molecule has 0 aliphatic heterocycles. The van der Waals surface area contributed by atoms with E-state index >= 15 is 0 Å². The van der Waals surface area contributed by atoms with E-state index in [0.717, 1.165) is 32.6 Å². The normalized spacial score (nSPS) is 10.9. The van der Waals surface area contributed by atoms with Gasteiger partial charge in [-0.1, -0.05) is 30.3 Å².